The standard InChI is InChI=1S/C11H13N3O/c1-14-11-8(6-12-14)7-4-3-5-9(15-2)10(7)13-11/h3,5,12H,4,6H2,1-2H3. The van der Waals surface area contributed by atoms with Crippen LogP contribution in [0, 0.1) is 0 Å². The molecule has 0 radical (unpaired) electrons. The minimum absolute atomic E-state index is 0.874. The van der Waals surface area contributed by atoms with E-state index in [4.69, 9.17) is 4.74 Å². The number of hydrogen-bond acceptors (Lipinski definition) is 4. The molecule has 78 valence electrons. The monoisotopic (exact) mass is 203 g/mol. The summed E-state index contributed by atoms with van der Waals surface area (Å²) in [4.78, 5) is 4.61. The number of nitrogens with one attached hydrogen (secondary N) is 1. The molecular weight excluding hydrogens is 190 g/mol. The Bertz CT molecular complexity index is 443. The Hall–Kier alpha value is -1.55. The number of amidine groups is 1. The molecule has 2 aliphatic heterocycles. The molecule has 1 saturated heterocycles. The number of likely N-dealkylation sites (N-methyl/N-ethyl adjacent to an activating group) is 1. The van der Waals surface area contributed by atoms with Crippen LogP contribution in [-0.4, -0.2) is 31.5 Å². The van der Waals surface area contributed by atoms with Crippen LogP contribution in [0.2, 0.25) is 0 Å². The lowest BCUT2D eigenvalue weighted by molar-refractivity contribution is 0.301. The number of fused-ring (bicyclic) bond motifs is 2. The molecule has 3 aliphatic rings. The van der Waals surface area contributed by atoms with Gasteiger partial charge in [0.05, 0.1) is 7.11 Å². The van der Waals surface area contributed by atoms with E-state index in [-0.39, 0.29) is 0 Å². The molecule has 3 rings (SSSR count). The Labute approximate surface area is 88.6 Å². The van der Waals surface area contributed by atoms with Crippen molar-refractivity contribution >= 4 is 5.84 Å². The molecule has 4 heteroatoms. The second kappa shape index (κ2) is 2.97. The van der Waals surface area contributed by atoms with Gasteiger partial charge in [0.15, 0.2) is 0 Å². The number of rotatable bonds is 1. The Kier molecular flexibility index (Phi) is 1.73. The second-order valence-corrected chi connectivity index (χ2v) is 3.81. The first-order chi connectivity index (χ1) is 7.31. The Morgan fingerprint density at radius 2 is 2.33 bits per heavy atom. The van der Waals surface area contributed by atoms with E-state index in [0.717, 1.165) is 30.3 Å². The maximum Gasteiger partial charge on any atom is 0.148 e. The molecule has 0 saturated carbocycles. The highest BCUT2D eigenvalue weighted by Gasteiger charge is 2.32. The molecule has 0 unspecified atom stereocenters. The van der Waals surface area contributed by atoms with Crippen molar-refractivity contribution in [3.63, 3.8) is 0 Å². The van der Waals surface area contributed by atoms with Crippen LogP contribution in [0.15, 0.2) is 39.7 Å². The molecule has 0 aromatic rings. The number of nitrogens with zero attached hydrogens (tertiary/aromatic N) is 2. The smallest absolute Gasteiger partial charge is 0.148 e. The zero-order chi connectivity index (χ0) is 10.4. The van der Waals surface area contributed by atoms with Crippen molar-refractivity contribution in [3.8, 4) is 0 Å². The summed E-state index contributed by atoms with van der Waals surface area (Å²) in [5.74, 6) is 1.91. The maximum absolute atomic E-state index is 5.32. The molecule has 0 aromatic heterocycles. The molecule has 0 bridgehead atoms. The van der Waals surface area contributed by atoms with Crippen molar-refractivity contribution in [2.24, 2.45) is 4.99 Å². The Balaban J connectivity index is 2.15. The molecule has 15 heavy (non-hydrogen) atoms. The van der Waals surface area contributed by atoms with Crippen LogP contribution in [0.3, 0.4) is 0 Å². The van der Waals surface area contributed by atoms with Gasteiger partial charge in [-0.05, 0) is 18.1 Å². The van der Waals surface area contributed by atoms with E-state index in [2.05, 4.69) is 16.5 Å². The van der Waals surface area contributed by atoms with Crippen LogP contribution in [-0.2, 0) is 4.74 Å². The summed E-state index contributed by atoms with van der Waals surface area (Å²) in [5, 5.41) is 1.97. The van der Waals surface area contributed by atoms with Crippen molar-refractivity contribution in [1.29, 1.82) is 0 Å². The summed E-state index contributed by atoms with van der Waals surface area (Å²) >= 11 is 0. The van der Waals surface area contributed by atoms with Gasteiger partial charge in [-0.15, -0.1) is 0 Å². The van der Waals surface area contributed by atoms with Crippen molar-refractivity contribution < 1.29 is 4.74 Å². The number of methoxy groups -OCH3 is 1. The quantitative estimate of drug-likeness (QED) is 0.689. The number of hydrogen-bond donors (Lipinski definition) is 1. The van der Waals surface area contributed by atoms with Gasteiger partial charge in [-0.1, -0.05) is 6.08 Å². The molecule has 0 spiro atoms. The molecule has 0 amide bonds. The van der Waals surface area contributed by atoms with E-state index in [9.17, 15) is 0 Å². The summed E-state index contributed by atoms with van der Waals surface area (Å²) in [5.41, 5.74) is 6.88. The third-order valence-corrected chi connectivity index (χ3v) is 2.99. The SMILES string of the molecule is COC1=C2N=C3C(=C2CC=C1)CNN3C. The van der Waals surface area contributed by atoms with Crippen molar-refractivity contribution in [2.75, 3.05) is 20.7 Å². The van der Waals surface area contributed by atoms with E-state index in [1.807, 2.05) is 18.1 Å². The summed E-state index contributed by atoms with van der Waals surface area (Å²) in [7, 11) is 3.68. The third kappa shape index (κ3) is 1.08. The maximum atomic E-state index is 5.32. The molecule has 1 fully saturated rings. The average Bonchev–Trinajstić information content (AvgIpc) is 2.79. The largest absolute Gasteiger partial charge is 0.494 e. The van der Waals surface area contributed by atoms with Crippen LogP contribution < -0.4 is 5.43 Å². The Morgan fingerprint density at radius 3 is 3.13 bits per heavy atom. The van der Waals surface area contributed by atoms with Crippen LogP contribution in [0.4, 0.5) is 0 Å². The van der Waals surface area contributed by atoms with Gasteiger partial charge in [0.25, 0.3) is 0 Å². The number of aliphatic imine (C=N–C) groups is 1. The van der Waals surface area contributed by atoms with Gasteiger partial charge in [-0.2, -0.15) is 0 Å². The van der Waals surface area contributed by atoms with Gasteiger partial charge in [0.2, 0.25) is 0 Å². The van der Waals surface area contributed by atoms with Crippen LogP contribution in [0.5, 0.6) is 0 Å². The molecule has 0 aromatic carbocycles. The first-order valence-electron chi connectivity index (χ1n) is 5.04. The average molecular weight is 203 g/mol. The molecule has 1 N–H and O–H groups in total. The van der Waals surface area contributed by atoms with E-state index in [1.54, 1.807) is 7.11 Å². The highest BCUT2D eigenvalue weighted by molar-refractivity contribution is 6.05. The molecule has 1 aliphatic carbocycles. The van der Waals surface area contributed by atoms with E-state index in [1.165, 1.54) is 11.1 Å². The lowest BCUT2D eigenvalue weighted by atomic mass is 10.00. The first kappa shape index (κ1) is 8.73. The van der Waals surface area contributed by atoms with Gasteiger partial charge < -0.3 is 4.74 Å². The number of hydrazine groups is 1. The molecule has 2 heterocycles. The first-order valence-corrected chi connectivity index (χ1v) is 5.04. The summed E-state index contributed by atoms with van der Waals surface area (Å²) in [6, 6.07) is 0. The minimum Gasteiger partial charge on any atom is -0.494 e. The lowest BCUT2D eigenvalue weighted by Gasteiger charge is -2.13. The van der Waals surface area contributed by atoms with Gasteiger partial charge in [0, 0.05) is 19.2 Å². The zero-order valence-electron chi connectivity index (χ0n) is 8.87. The number of allylic oxidation sites excluding steroid dienone is 3. The van der Waals surface area contributed by atoms with Crippen LogP contribution >= 0.6 is 0 Å². The van der Waals surface area contributed by atoms with Crippen molar-refractivity contribution in [1.82, 2.24) is 10.4 Å². The normalized spacial score (nSPS) is 23.3. The van der Waals surface area contributed by atoms with Gasteiger partial charge in [-0.3, -0.25) is 5.01 Å². The predicted molar refractivity (Wildman–Crippen MR) is 58.0 cm³/mol. The third-order valence-electron chi connectivity index (χ3n) is 2.99. The van der Waals surface area contributed by atoms with Crippen LogP contribution in [0.25, 0.3) is 0 Å². The number of ether oxygens (including phenoxy) is 1. The fourth-order valence-corrected chi connectivity index (χ4v) is 2.21. The topological polar surface area (TPSA) is 36.9 Å². The van der Waals surface area contributed by atoms with Gasteiger partial charge in [0.1, 0.15) is 17.3 Å². The summed E-state index contributed by atoms with van der Waals surface area (Å²) < 4.78 is 5.32. The summed E-state index contributed by atoms with van der Waals surface area (Å²) in [6.07, 6.45) is 5.08. The Morgan fingerprint density at radius 1 is 1.47 bits per heavy atom. The van der Waals surface area contributed by atoms with E-state index >= 15 is 0 Å². The zero-order valence-corrected chi connectivity index (χ0v) is 8.87. The highest BCUT2D eigenvalue weighted by atomic mass is 16.5. The highest BCUT2D eigenvalue weighted by Crippen LogP contribution is 2.36. The fourth-order valence-electron chi connectivity index (χ4n) is 2.21. The minimum atomic E-state index is 0.874. The lowest BCUT2D eigenvalue weighted by Crippen LogP contribution is -2.29. The van der Waals surface area contributed by atoms with Crippen molar-refractivity contribution in [2.45, 2.75) is 6.42 Å². The van der Waals surface area contributed by atoms with Gasteiger partial charge in [-0.25, -0.2) is 10.4 Å². The fraction of sp³-hybridized carbons (Fsp3) is 0.364. The van der Waals surface area contributed by atoms with E-state index < -0.39 is 0 Å². The predicted octanol–water partition coefficient (Wildman–Crippen LogP) is 0.963. The van der Waals surface area contributed by atoms with Crippen molar-refractivity contribution in [3.05, 3.63) is 34.8 Å². The van der Waals surface area contributed by atoms with E-state index in [0.29, 0.717) is 0 Å². The molecule has 4 nitrogen and oxygen atoms in total. The molecular formula is C11H13N3O. The van der Waals surface area contributed by atoms with Gasteiger partial charge >= 0.3 is 0 Å². The van der Waals surface area contributed by atoms with Crippen LogP contribution in [0.1, 0.15) is 6.42 Å². The summed E-state index contributed by atoms with van der Waals surface area (Å²) in [6.45, 7) is 0.874. The molecule has 0 atom stereocenters. The second-order valence-electron chi connectivity index (χ2n) is 3.81.